The van der Waals surface area contributed by atoms with Crippen LogP contribution in [0, 0.1) is 0 Å². The summed E-state index contributed by atoms with van der Waals surface area (Å²) in [6, 6.07) is 6.62. The Bertz CT molecular complexity index is 891. The highest BCUT2D eigenvalue weighted by atomic mass is 16.7. The second-order valence-electron chi connectivity index (χ2n) is 6.91. The summed E-state index contributed by atoms with van der Waals surface area (Å²) in [6.07, 6.45) is 0.0181. The van der Waals surface area contributed by atoms with Crippen molar-refractivity contribution in [3.05, 3.63) is 41.0 Å². The van der Waals surface area contributed by atoms with Gasteiger partial charge in [-0.1, -0.05) is 24.3 Å². The summed E-state index contributed by atoms with van der Waals surface area (Å²) in [4.78, 5) is 42.9. The number of fused-ring (bicyclic) bond motifs is 1. The van der Waals surface area contributed by atoms with Gasteiger partial charge in [-0.25, -0.2) is 14.7 Å². The molecule has 0 atom stereocenters. The predicted octanol–water partition coefficient (Wildman–Crippen LogP) is 1.67. The van der Waals surface area contributed by atoms with Gasteiger partial charge < -0.3 is 25.1 Å². The molecule has 180 valence electrons. The van der Waals surface area contributed by atoms with Gasteiger partial charge in [0, 0.05) is 7.05 Å². The third-order valence-corrected chi connectivity index (χ3v) is 4.71. The van der Waals surface area contributed by atoms with Crippen LogP contribution in [0.5, 0.6) is 0 Å². The van der Waals surface area contributed by atoms with E-state index in [0.29, 0.717) is 16.7 Å². The topological polar surface area (TPSA) is 138 Å². The summed E-state index contributed by atoms with van der Waals surface area (Å²) < 4.78 is 15.3. The summed E-state index contributed by atoms with van der Waals surface area (Å²) in [5.41, 5.74) is 7.82. The third-order valence-electron chi connectivity index (χ3n) is 4.71. The number of rotatable bonds is 12. The van der Waals surface area contributed by atoms with Crippen LogP contribution in [0.2, 0.25) is 0 Å². The summed E-state index contributed by atoms with van der Waals surface area (Å²) >= 11 is 0. The van der Waals surface area contributed by atoms with Gasteiger partial charge in [-0.15, -0.1) is 0 Å². The smallest absolute Gasteiger partial charge is 0.340 e. The molecular weight excluding hydrogens is 432 g/mol. The number of esters is 2. The Morgan fingerprint density at radius 1 is 0.909 bits per heavy atom. The zero-order chi connectivity index (χ0) is 24.4. The number of hydroxylamine groups is 2. The molecule has 0 spiro atoms. The van der Waals surface area contributed by atoms with Crippen molar-refractivity contribution < 1.29 is 38.5 Å². The van der Waals surface area contributed by atoms with E-state index in [0.717, 1.165) is 5.06 Å². The van der Waals surface area contributed by atoms with Crippen molar-refractivity contribution in [2.24, 2.45) is 0 Å². The van der Waals surface area contributed by atoms with Gasteiger partial charge in [0.25, 0.3) is 0 Å². The van der Waals surface area contributed by atoms with Crippen molar-refractivity contribution in [2.75, 3.05) is 52.4 Å². The second kappa shape index (κ2) is 12.7. The Balaban J connectivity index is 2.29. The van der Waals surface area contributed by atoms with E-state index in [4.69, 9.17) is 29.9 Å². The van der Waals surface area contributed by atoms with E-state index in [2.05, 4.69) is 0 Å². The first-order chi connectivity index (χ1) is 15.8. The summed E-state index contributed by atoms with van der Waals surface area (Å²) in [7, 11) is 1.49. The van der Waals surface area contributed by atoms with Gasteiger partial charge in [-0.2, -0.15) is 0 Å². The standard InChI is InChI=1S/C23H30N2O8/c1-4-31-22(28)19-16-8-6-15(14-18(27)25(3)33-13-12-30-11-10-26)7-9-17(16)20(21(19)24)23(29)32-5-2/h6-9,26H,4-5,10-14,24H2,1-3H3. The Hall–Kier alpha value is -3.21. The number of carbonyl (C=O) groups excluding carboxylic acids is 3. The van der Waals surface area contributed by atoms with Crippen LogP contribution in [0.1, 0.15) is 40.1 Å². The number of amides is 1. The van der Waals surface area contributed by atoms with Gasteiger partial charge in [0.2, 0.25) is 5.91 Å². The maximum atomic E-state index is 12.5. The number of carbonyl (C=O) groups is 3. The van der Waals surface area contributed by atoms with Crippen LogP contribution < -0.4 is 5.73 Å². The maximum absolute atomic E-state index is 12.5. The minimum Gasteiger partial charge on any atom is -0.462 e. The number of nitrogens with zero attached hydrogens (tertiary/aromatic N) is 1. The summed E-state index contributed by atoms with van der Waals surface area (Å²) in [5.74, 6) is -1.59. The van der Waals surface area contributed by atoms with Gasteiger partial charge in [-0.3, -0.25) is 9.63 Å². The lowest BCUT2D eigenvalue weighted by atomic mass is 10.1. The third kappa shape index (κ3) is 6.64. The molecule has 0 aromatic heterocycles. The average Bonchev–Trinajstić information content (AvgIpc) is 2.91. The molecule has 3 N–H and O–H groups in total. The van der Waals surface area contributed by atoms with Crippen molar-refractivity contribution in [3.63, 3.8) is 0 Å². The molecule has 0 unspecified atom stereocenters. The molecule has 0 fully saturated rings. The quantitative estimate of drug-likeness (QED) is 0.274. The van der Waals surface area contributed by atoms with Crippen LogP contribution in [0.3, 0.4) is 0 Å². The molecular formula is C23H30N2O8. The molecule has 0 radical (unpaired) electrons. The fourth-order valence-corrected chi connectivity index (χ4v) is 3.19. The minimum atomic E-state index is -0.643. The lowest BCUT2D eigenvalue weighted by Crippen LogP contribution is -2.29. The van der Waals surface area contributed by atoms with Crippen LogP contribution in [0.15, 0.2) is 24.3 Å². The number of ether oxygens (including phenoxy) is 3. The normalized spacial score (nSPS) is 10.8. The van der Waals surface area contributed by atoms with Gasteiger partial charge >= 0.3 is 11.9 Å². The number of likely N-dealkylation sites (N-methyl/N-ethyl adjacent to an activating group) is 1. The number of nitrogens with two attached hydrogens (primary N) is 1. The van der Waals surface area contributed by atoms with Crippen LogP contribution >= 0.6 is 0 Å². The Morgan fingerprint density at radius 2 is 1.45 bits per heavy atom. The summed E-state index contributed by atoms with van der Waals surface area (Å²) in [6.45, 7) is 4.15. The molecule has 0 aromatic carbocycles. The minimum absolute atomic E-state index is 0.00211. The predicted molar refractivity (Wildman–Crippen MR) is 120 cm³/mol. The van der Waals surface area contributed by atoms with Gasteiger partial charge in [0.15, 0.2) is 0 Å². The summed E-state index contributed by atoms with van der Waals surface area (Å²) in [5, 5.41) is 9.79. The van der Waals surface area contributed by atoms with E-state index in [1.807, 2.05) is 0 Å². The highest BCUT2D eigenvalue weighted by Crippen LogP contribution is 2.39. The van der Waals surface area contributed by atoms with Crippen molar-refractivity contribution in [2.45, 2.75) is 20.3 Å². The van der Waals surface area contributed by atoms with Crippen molar-refractivity contribution in [1.82, 2.24) is 5.06 Å². The number of hydrogen-bond donors (Lipinski definition) is 2. The monoisotopic (exact) mass is 462 g/mol. The number of hydrogen-bond acceptors (Lipinski definition) is 9. The molecule has 0 heterocycles. The molecule has 1 amide bonds. The van der Waals surface area contributed by atoms with Crippen LogP contribution in [-0.4, -0.2) is 74.7 Å². The van der Waals surface area contributed by atoms with Crippen molar-refractivity contribution >= 4 is 23.5 Å². The Labute approximate surface area is 192 Å². The molecule has 0 saturated heterocycles. The largest absolute Gasteiger partial charge is 0.462 e. The first-order valence-corrected chi connectivity index (χ1v) is 10.6. The average molecular weight is 462 g/mol. The highest BCUT2D eigenvalue weighted by Gasteiger charge is 2.30. The van der Waals surface area contributed by atoms with Crippen molar-refractivity contribution in [3.8, 4) is 11.1 Å². The Morgan fingerprint density at radius 3 is 1.94 bits per heavy atom. The van der Waals surface area contributed by atoms with E-state index in [-0.39, 0.29) is 68.8 Å². The number of anilines is 1. The number of aliphatic hydroxyl groups excluding tert-OH is 1. The molecule has 2 rings (SSSR count). The molecule has 0 aromatic rings. The fourth-order valence-electron chi connectivity index (χ4n) is 3.19. The van der Waals surface area contributed by atoms with E-state index >= 15 is 0 Å². The van der Waals surface area contributed by atoms with E-state index in [9.17, 15) is 14.4 Å². The fraction of sp³-hybridized carbons (Fsp3) is 0.435. The molecule has 10 nitrogen and oxygen atoms in total. The molecule has 0 bridgehead atoms. The highest BCUT2D eigenvalue weighted by molar-refractivity contribution is 6.15. The van der Waals surface area contributed by atoms with Crippen molar-refractivity contribution in [1.29, 1.82) is 0 Å². The zero-order valence-electron chi connectivity index (χ0n) is 19.1. The maximum Gasteiger partial charge on any atom is 0.340 e. The number of nitrogen functional groups attached to an aromatic ring is 1. The lowest BCUT2D eigenvalue weighted by Gasteiger charge is -2.16. The lowest BCUT2D eigenvalue weighted by molar-refractivity contribution is -0.181. The molecule has 0 saturated carbocycles. The molecule has 2 aliphatic rings. The molecule has 0 aliphatic heterocycles. The van der Waals surface area contributed by atoms with Crippen LogP contribution in [-0.2, 0) is 30.3 Å². The van der Waals surface area contributed by atoms with Gasteiger partial charge in [0.1, 0.15) is 0 Å². The number of aliphatic hydroxyl groups is 1. The molecule has 10 heteroatoms. The Kier molecular flexibility index (Phi) is 10.0. The van der Waals surface area contributed by atoms with Crippen LogP contribution in [0.25, 0.3) is 11.1 Å². The molecule has 33 heavy (non-hydrogen) atoms. The van der Waals surface area contributed by atoms with E-state index in [1.165, 1.54) is 7.05 Å². The van der Waals surface area contributed by atoms with Gasteiger partial charge in [-0.05, 0) is 30.5 Å². The molecule has 2 aliphatic carbocycles. The SMILES string of the molecule is CCOC(=O)c1c2ccc(CC(=O)N(C)OCCOCCO)ccc-2c(C(=O)OCC)c1N. The van der Waals surface area contributed by atoms with Gasteiger partial charge in [0.05, 0.1) is 62.9 Å². The van der Waals surface area contributed by atoms with E-state index < -0.39 is 11.9 Å². The second-order valence-corrected chi connectivity index (χ2v) is 6.91. The first-order valence-electron chi connectivity index (χ1n) is 10.6. The van der Waals surface area contributed by atoms with E-state index in [1.54, 1.807) is 38.1 Å². The first kappa shape index (κ1) is 26.0. The van der Waals surface area contributed by atoms with Crippen LogP contribution in [0.4, 0.5) is 5.69 Å². The zero-order valence-corrected chi connectivity index (χ0v) is 19.1.